The van der Waals surface area contributed by atoms with Crippen molar-refractivity contribution in [3.8, 4) is 34.5 Å². The molecule has 0 fully saturated rings. The standard InChI is InChI=1S/C51H55N7O12/c1-29(2)46(54-51(61)62)50(60)52-30(3)49(59)53-37-12-7-31(8-13-37)32-9-14-38-35(19-32)22-55-26-44(47(65-4)40(55)24-57(38)63)67-17-6-18-68-45-27-56-23-36-20-33(34-11-16-42-43(21-34)70-28-69-42)10-15-39(36)58(64)25-41(56)48(45)66-5/h7-16,21,24-27,29-30,35-36,46,54H,6,17-20,22-23,28H2,1-5H3,(H3-,52,53,59,60,61,62,64)/p+1. The number of carboxylic acid groups (broad SMARTS) is 1. The Bertz CT molecular complexity index is 2900. The van der Waals surface area contributed by atoms with Crippen LogP contribution in [0, 0.1) is 23.0 Å². The summed E-state index contributed by atoms with van der Waals surface area (Å²) in [5.41, 5.74) is 7.28. The van der Waals surface area contributed by atoms with Gasteiger partial charge in [0.05, 0.1) is 51.7 Å². The Kier molecular flexibility index (Phi) is 13.3. The van der Waals surface area contributed by atoms with Gasteiger partial charge in [0.15, 0.2) is 51.6 Å². The van der Waals surface area contributed by atoms with E-state index in [1.165, 1.54) is 17.9 Å². The lowest BCUT2D eigenvalue weighted by Gasteiger charge is -2.23. The second-order valence-corrected chi connectivity index (χ2v) is 18.0. The van der Waals surface area contributed by atoms with Crippen LogP contribution in [0.4, 0.5) is 10.5 Å². The van der Waals surface area contributed by atoms with Crippen molar-refractivity contribution in [2.45, 2.75) is 65.2 Å². The van der Waals surface area contributed by atoms with Crippen LogP contribution in [0.1, 0.15) is 62.5 Å². The van der Waals surface area contributed by atoms with Crippen LogP contribution in [0.15, 0.2) is 90.6 Å². The van der Waals surface area contributed by atoms with E-state index in [-0.39, 0.29) is 24.5 Å². The highest BCUT2D eigenvalue weighted by Crippen LogP contribution is 2.42. The molecule has 70 heavy (non-hydrogen) atoms. The first-order chi connectivity index (χ1) is 33.8. The number of fused-ring (bicyclic) bond motifs is 5. The minimum atomic E-state index is -1.33. The maximum Gasteiger partial charge on any atom is 0.405 e. The van der Waals surface area contributed by atoms with E-state index in [1.807, 2.05) is 76.2 Å². The molecule has 2 aromatic heterocycles. The fourth-order valence-electron chi connectivity index (χ4n) is 9.44. The lowest BCUT2D eigenvalue weighted by atomic mass is 9.87. The number of aromatic nitrogens is 2. The molecule has 5 N–H and O–H groups in total. The van der Waals surface area contributed by atoms with Crippen LogP contribution in [-0.4, -0.2) is 106 Å². The number of rotatable bonds is 16. The van der Waals surface area contributed by atoms with Crippen LogP contribution in [0.2, 0.25) is 0 Å². The second-order valence-electron chi connectivity index (χ2n) is 18.0. The quantitative estimate of drug-likeness (QED) is 0.0358. The number of anilines is 1. The molecule has 3 aliphatic heterocycles. The molecule has 4 aromatic rings. The summed E-state index contributed by atoms with van der Waals surface area (Å²) in [7, 11) is 3.13. The number of allylic oxidation sites excluding steroid dienone is 8. The summed E-state index contributed by atoms with van der Waals surface area (Å²) in [6.45, 7) is 6.84. The smallest absolute Gasteiger partial charge is 0.405 e. The second kappa shape index (κ2) is 19.9. The van der Waals surface area contributed by atoms with Gasteiger partial charge in [0.1, 0.15) is 12.1 Å². The number of benzene rings is 2. The minimum Gasteiger partial charge on any atom is -0.618 e. The number of carbonyl (C=O) groups is 3. The lowest BCUT2D eigenvalue weighted by Crippen LogP contribution is -2.53. The third-order valence-electron chi connectivity index (χ3n) is 13.1. The van der Waals surface area contributed by atoms with Gasteiger partial charge in [0, 0.05) is 42.1 Å². The van der Waals surface area contributed by atoms with Gasteiger partial charge >= 0.3 is 6.09 Å². The molecule has 2 aromatic carbocycles. The zero-order chi connectivity index (χ0) is 49.2. The summed E-state index contributed by atoms with van der Waals surface area (Å²) < 4.78 is 41.3. The number of hydroxylamine groups is 2. The molecule has 5 aliphatic rings. The SMILES string of the molecule is COc1c(OCCCOc2cn3c(c2OC)C=[N+](O)C2=CC=C(c4ccc5c(c4)OCO5)CC2C3)cn2c1C=[N+]([O-])C1=CC=C(c3ccc(NC(=O)C(C)NC(=O)C(NC(=O)O)C(C)C)cc3)CC1C2. The van der Waals surface area contributed by atoms with Crippen molar-refractivity contribution in [2.75, 3.05) is 39.5 Å². The molecule has 2 aliphatic carbocycles. The van der Waals surface area contributed by atoms with Crippen LogP contribution >= 0.6 is 0 Å². The first-order valence-corrected chi connectivity index (χ1v) is 23.1. The van der Waals surface area contributed by atoms with Gasteiger partial charge in [-0.15, -0.1) is 0 Å². The fourth-order valence-corrected chi connectivity index (χ4v) is 9.44. The Labute approximate surface area is 403 Å². The Morgan fingerprint density at radius 2 is 1.36 bits per heavy atom. The van der Waals surface area contributed by atoms with Crippen LogP contribution in [0.3, 0.4) is 0 Å². The van der Waals surface area contributed by atoms with Crippen molar-refractivity contribution >= 4 is 47.2 Å². The molecular formula is C51H56N7O12+. The first-order valence-electron chi connectivity index (χ1n) is 23.1. The summed E-state index contributed by atoms with van der Waals surface area (Å²) in [5.74, 6) is 1.89. The number of carbonyl (C=O) groups excluding carboxylic acids is 2. The zero-order valence-electron chi connectivity index (χ0n) is 39.5. The van der Waals surface area contributed by atoms with Crippen molar-refractivity contribution in [1.82, 2.24) is 19.8 Å². The number of nitrogens with one attached hydrogen (secondary N) is 3. The highest BCUT2D eigenvalue weighted by Gasteiger charge is 2.37. The van der Waals surface area contributed by atoms with Crippen LogP contribution in [0.5, 0.6) is 34.5 Å². The van der Waals surface area contributed by atoms with Gasteiger partial charge < -0.3 is 63.8 Å². The Balaban J connectivity index is 0.791. The molecule has 19 heteroatoms. The average molecular weight is 959 g/mol. The molecule has 366 valence electrons. The molecule has 0 spiro atoms. The van der Waals surface area contributed by atoms with E-state index >= 15 is 0 Å². The Hall–Kier alpha value is -8.09. The van der Waals surface area contributed by atoms with Crippen molar-refractivity contribution in [2.24, 2.45) is 17.8 Å². The van der Waals surface area contributed by atoms with E-state index in [0.29, 0.717) is 91.3 Å². The summed E-state index contributed by atoms with van der Waals surface area (Å²) in [6, 6.07) is 11.3. The molecular weight excluding hydrogens is 903 g/mol. The minimum absolute atomic E-state index is 0.0264. The zero-order valence-corrected chi connectivity index (χ0v) is 39.5. The average Bonchev–Trinajstić information content (AvgIpc) is 3.99. The summed E-state index contributed by atoms with van der Waals surface area (Å²) >= 11 is 0. The third-order valence-corrected chi connectivity index (χ3v) is 13.1. The van der Waals surface area contributed by atoms with E-state index in [4.69, 9.17) is 33.5 Å². The van der Waals surface area contributed by atoms with E-state index in [1.54, 1.807) is 46.4 Å². The number of nitrogens with zero attached hydrogens (tertiary/aromatic N) is 4. The molecule has 5 heterocycles. The van der Waals surface area contributed by atoms with Crippen molar-refractivity contribution in [3.05, 3.63) is 118 Å². The van der Waals surface area contributed by atoms with E-state index in [9.17, 15) is 24.8 Å². The number of hydrogen-bond donors (Lipinski definition) is 5. The molecule has 4 atom stereocenters. The van der Waals surface area contributed by atoms with Gasteiger partial charge in [0.2, 0.25) is 36.7 Å². The Morgan fingerprint density at radius 3 is 1.99 bits per heavy atom. The summed E-state index contributed by atoms with van der Waals surface area (Å²) in [6.07, 6.45) is 15.1. The predicted octanol–water partition coefficient (Wildman–Crippen LogP) is 6.37. The van der Waals surface area contributed by atoms with E-state index < -0.39 is 30.0 Å². The molecule has 0 bridgehead atoms. The monoisotopic (exact) mass is 958 g/mol. The molecule has 3 amide bonds. The Morgan fingerprint density at radius 1 is 0.771 bits per heavy atom. The summed E-state index contributed by atoms with van der Waals surface area (Å²) in [5, 5.41) is 41.5. The van der Waals surface area contributed by atoms with Gasteiger partial charge in [-0.1, -0.05) is 44.2 Å². The fraction of sp³-hybridized carbons (Fsp3) is 0.353. The topological polar surface area (TPSA) is 222 Å². The molecule has 9 rings (SSSR count). The number of hydrogen-bond acceptors (Lipinski definition) is 11. The highest BCUT2D eigenvalue weighted by molar-refractivity contribution is 5.98. The normalized spacial score (nSPS) is 18.5. The van der Waals surface area contributed by atoms with Gasteiger partial charge in [-0.2, -0.15) is 4.74 Å². The molecule has 4 unspecified atom stereocenters. The number of methoxy groups -OCH3 is 2. The van der Waals surface area contributed by atoms with Gasteiger partial charge in [-0.25, -0.2) is 4.79 Å². The predicted molar refractivity (Wildman–Crippen MR) is 257 cm³/mol. The van der Waals surface area contributed by atoms with Crippen molar-refractivity contribution in [3.63, 3.8) is 0 Å². The van der Waals surface area contributed by atoms with Gasteiger partial charge in [0.25, 0.3) is 0 Å². The van der Waals surface area contributed by atoms with Crippen LogP contribution in [-0.2, 0) is 22.7 Å². The van der Waals surface area contributed by atoms with Crippen LogP contribution < -0.4 is 44.4 Å². The lowest BCUT2D eigenvalue weighted by molar-refractivity contribution is -0.738. The molecule has 0 saturated carbocycles. The third kappa shape index (κ3) is 9.63. The largest absolute Gasteiger partial charge is 0.618 e. The van der Waals surface area contributed by atoms with Crippen molar-refractivity contribution < 1.29 is 62.6 Å². The van der Waals surface area contributed by atoms with Crippen LogP contribution in [0.25, 0.3) is 11.1 Å². The molecule has 19 nitrogen and oxygen atoms in total. The summed E-state index contributed by atoms with van der Waals surface area (Å²) in [4.78, 5) is 36.8. The maximum atomic E-state index is 13.6. The molecule has 0 saturated heterocycles. The first kappa shape index (κ1) is 47.0. The van der Waals surface area contributed by atoms with Crippen molar-refractivity contribution in [1.29, 1.82) is 0 Å². The van der Waals surface area contributed by atoms with E-state index in [0.717, 1.165) is 44.2 Å². The van der Waals surface area contributed by atoms with Gasteiger partial charge in [-0.05, 0) is 72.2 Å². The van der Waals surface area contributed by atoms with E-state index in [2.05, 4.69) is 16.0 Å². The maximum absolute atomic E-state index is 13.6. The highest BCUT2D eigenvalue weighted by atomic mass is 16.7. The van der Waals surface area contributed by atoms with Gasteiger partial charge in [-0.3, -0.25) is 14.8 Å². The number of amides is 3. The molecule has 0 radical (unpaired) electrons. The number of ether oxygens (including phenoxy) is 6.